The second-order valence-electron chi connectivity index (χ2n) is 6.17. The third-order valence-corrected chi connectivity index (χ3v) is 3.81. The Morgan fingerprint density at radius 3 is 2.54 bits per heavy atom. The van der Waals surface area contributed by atoms with E-state index in [0.29, 0.717) is 17.2 Å². The lowest BCUT2D eigenvalue weighted by Crippen LogP contribution is -2.28. The van der Waals surface area contributed by atoms with E-state index in [9.17, 15) is 9.59 Å². The van der Waals surface area contributed by atoms with Crippen LogP contribution in [-0.4, -0.2) is 36.6 Å². The zero-order valence-electron chi connectivity index (χ0n) is 15.3. The van der Waals surface area contributed by atoms with Crippen LogP contribution in [0.15, 0.2) is 42.7 Å². The second kappa shape index (κ2) is 9.56. The second-order valence-corrected chi connectivity index (χ2v) is 6.17. The fourth-order valence-corrected chi connectivity index (χ4v) is 2.50. The number of aromatic nitrogens is 1. The van der Waals surface area contributed by atoms with E-state index in [1.807, 2.05) is 25.1 Å². The molecule has 1 amide bonds. The largest absolute Gasteiger partial charge is 0.482 e. The van der Waals surface area contributed by atoms with Crippen molar-refractivity contribution in [2.75, 3.05) is 19.8 Å². The molecule has 0 fully saturated rings. The van der Waals surface area contributed by atoms with Crippen LogP contribution in [-0.2, 0) is 9.53 Å². The summed E-state index contributed by atoms with van der Waals surface area (Å²) in [5, 5.41) is 2.67. The minimum absolute atomic E-state index is 0.0876. The number of esters is 1. The minimum atomic E-state index is -0.478. The van der Waals surface area contributed by atoms with Crippen molar-refractivity contribution < 1.29 is 19.1 Å². The van der Waals surface area contributed by atoms with E-state index >= 15 is 0 Å². The summed E-state index contributed by atoms with van der Waals surface area (Å²) in [4.78, 5) is 27.4. The van der Waals surface area contributed by atoms with Crippen LogP contribution in [0.4, 0.5) is 0 Å². The molecule has 138 valence electrons. The molecular formula is C20H24N2O4. The van der Waals surface area contributed by atoms with E-state index < -0.39 is 5.97 Å². The van der Waals surface area contributed by atoms with E-state index in [1.165, 1.54) is 5.56 Å². The Balaban J connectivity index is 1.68. The number of hydrogen-bond acceptors (Lipinski definition) is 5. The van der Waals surface area contributed by atoms with Gasteiger partial charge < -0.3 is 14.8 Å². The van der Waals surface area contributed by atoms with Crippen LogP contribution in [0, 0.1) is 6.92 Å². The van der Waals surface area contributed by atoms with Crippen molar-refractivity contribution in [3.8, 4) is 5.75 Å². The van der Waals surface area contributed by atoms with Gasteiger partial charge in [-0.15, -0.1) is 0 Å². The van der Waals surface area contributed by atoms with Gasteiger partial charge in [0, 0.05) is 18.0 Å². The van der Waals surface area contributed by atoms with Crippen LogP contribution < -0.4 is 10.1 Å². The van der Waals surface area contributed by atoms with Gasteiger partial charge in [-0.05, 0) is 48.2 Å². The lowest BCUT2D eigenvalue weighted by molar-refractivity contribution is -0.145. The maximum atomic E-state index is 11.8. The maximum absolute atomic E-state index is 11.8. The van der Waals surface area contributed by atoms with E-state index in [1.54, 1.807) is 24.5 Å². The number of benzene rings is 1. The summed E-state index contributed by atoms with van der Waals surface area (Å²) in [6, 6.07) is 9.00. The molecule has 26 heavy (non-hydrogen) atoms. The van der Waals surface area contributed by atoms with E-state index in [-0.39, 0.29) is 25.7 Å². The van der Waals surface area contributed by atoms with E-state index in [0.717, 1.165) is 5.56 Å². The Bertz CT molecular complexity index is 745. The normalized spacial score (nSPS) is 10.5. The molecule has 6 heteroatoms. The van der Waals surface area contributed by atoms with Crippen LogP contribution in [0.5, 0.6) is 5.75 Å². The highest BCUT2D eigenvalue weighted by molar-refractivity contribution is 5.93. The van der Waals surface area contributed by atoms with Gasteiger partial charge in [-0.1, -0.05) is 19.9 Å². The average Bonchev–Trinajstić information content (AvgIpc) is 2.63. The van der Waals surface area contributed by atoms with Gasteiger partial charge in [0.05, 0.1) is 6.54 Å². The highest BCUT2D eigenvalue weighted by Gasteiger charge is 2.08. The van der Waals surface area contributed by atoms with E-state index in [2.05, 4.69) is 24.1 Å². The Morgan fingerprint density at radius 2 is 1.88 bits per heavy atom. The van der Waals surface area contributed by atoms with E-state index in [4.69, 9.17) is 9.47 Å². The summed E-state index contributed by atoms with van der Waals surface area (Å²) >= 11 is 0. The van der Waals surface area contributed by atoms with Crippen LogP contribution in [0.25, 0.3) is 0 Å². The number of carbonyl (C=O) groups excluding carboxylic acids is 2. The zero-order valence-corrected chi connectivity index (χ0v) is 15.3. The van der Waals surface area contributed by atoms with Crippen molar-refractivity contribution in [3.63, 3.8) is 0 Å². The number of rotatable bonds is 8. The molecule has 0 radical (unpaired) electrons. The molecule has 0 saturated carbocycles. The maximum Gasteiger partial charge on any atom is 0.344 e. The van der Waals surface area contributed by atoms with Gasteiger partial charge in [-0.2, -0.15) is 0 Å². The number of ether oxygens (including phenoxy) is 2. The van der Waals surface area contributed by atoms with Crippen molar-refractivity contribution in [1.82, 2.24) is 10.3 Å². The predicted molar refractivity (Wildman–Crippen MR) is 98.3 cm³/mol. The number of nitrogens with zero attached hydrogens (tertiary/aromatic N) is 1. The van der Waals surface area contributed by atoms with Gasteiger partial charge >= 0.3 is 5.97 Å². The summed E-state index contributed by atoms with van der Waals surface area (Å²) in [6.45, 7) is 6.44. The van der Waals surface area contributed by atoms with Gasteiger partial charge in [0.1, 0.15) is 12.4 Å². The highest BCUT2D eigenvalue weighted by atomic mass is 16.6. The molecule has 1 heterocycles. The first kappa shape index (κ1) is 19.4. The quantitative estimate of drug-likeness (QED) is 0.581. The summed E-state index contributed by atoms with van der Waals surface area (Å²) in [6.07, 6.45) is 3.09. The Morgan fingerprint density at radius 1 is 1.15 bits per heavy atom. The molecule has 6 nitrogen and oxygen atoms in total. The monoisotopic (exact) mass is 356 g/mol. The SMILES string of the molecule is Cc1cc(OCC(=O)OCCNC(=O)c2ccncc2)ccc1C(C)C. The Labute approximate surface area is 153 Å². The van der Waals surface area contributed by atoms with Gasteiger partial charge in [0.25, 0.3) is 5.91 Å². The minimum Gasteiger partial charge on any atom is -0.482 e. The van der Waals surface area contributed by atoms with Crippen LogP contribution in [0.2, 0.25) is 0 Å². The fraction of sp³-hybridized carbons (Fsp3) is 0.350. The first-order chi connectivity index (χ1) is 12.5. The third-order valence-electron chi connectivity index (χ3n) is 3.81. The summed E-state index contributed by atoms with van der Waals surface area (Å²) in [5.74, 6) is 0.361. The highest BCUT2D eigenvalue weighted by Crippen LogP contribution is 2.23. The molecule has 0 spiro atoms. The zero-order chi connectivity index (χ0) is 18.9. The predicted octanol–water partition coefficient (Wildman–Crippen LogP) is 2.87. The smallest absolute Gasteiger partial charge is 0.344 e. The number of pyridine rings is 1. The number of hydrogen-bond donors (Lipinski definition) is 1. The molecule has 1 aromatic carbocycles. The summed E-state index contributed by atoms with van der Waals surface area (Å²) < 4.78 is 10.5. The van der Waals surface area contributed by atoms with Gasteiger partial charge in [0.2, 0.25) is 0 Å². The molecule has 0 saturated heterocycles. The molecular weight excluding hydrogens is 332 g/mol. The molecule has 1 aromatic heterocycles. The molecule has 1 N–H and O–H groups in total. The molecule has 0 aliphatic heterocycles. The number of nitrogens with one attached hydrogen (secondary N) is 1. The Hall–Kier alpha value is -2.89. The Kier molecular flexibility index (Phi) is 7.14. The molecule has 0 atom stereocenters. The van der Waals surface area contributed by atoms with Crippen molar-refractivity contribution >= 4 is 11.9 Å². The van der Waals surface area contributed by atoms with Crippen LogP contribution in [0.3, 0.4) is 0 Å². The number of aryl methyl sites for hydroxylation is 1. The number of carbonyl (C=O) groups is 2. The van der Waals surface area contributed by atoms with Crippen LogP contribution >= 0.6 is 0 Å². The fourth-order valence-electron chi connectivity index (χ4n) is 2.50. The molecule has 2 rings (SSSR count). The average molecular weight is 356 g/mol. The van der Waals surface area contributed by atoms with Gasteiger partial charge in [-0.25, -0.2) is 4.79 Å². The topological polar surface area (TPSA) is 77.5 Å². The molecule has 2 aromatic rings. The third kappa shape index (κ3) is 5.88. The number of amides is 1. The molecule has 0 aliphatic carbocycles. The standard InChI is InChI=1S/C20H24N2O4/c1-14(2)18-5-4-17(12-15(18)3)26-13-19(23)25-11-10-22-20(24)16-6-8-21-9-7-16/h4-9,12,14H,10-11,13H2,1-3H3,(H,22,24). The van der Waals surface area contributed by atoms with Gasteiger partial charge in [-0.3, -0.25) is 9.78 Å². The summed E-state index contributed by atoms with van der Waals surface area (Å²) in [5.41, 5.74) is 2.89. The van der Waals surface area contributed by atoms with Crippen LogP contribution in [0.1, 0.15) is 41.3 Å². The van der Waals surface area contributed by atoms with Crippen molar-refractivity contribution in [2.24, 2.45) is 0 Å². The van der Waals surface area contributed by atoms with Crippen molar-refractivity contribution in [1.29, 1.82) is 0 Å². The molecule has 0 aliphatic rings. The van der Waals surface area contributed by atoms with Crippen molar-refractivity contribution in [3.05, 3.63) is 59.4 Å². The lowest BCUT2D eigenvalue weighted by atomic mass is 9.98. The van der Waals surface area contributed by atoms with Gasteiger partial charge in [0.15, 0.2) is 6.61 Å². The molecule has 0 unspecified atom stereocenters. The first-order valence-electron chi connectivity index (χ1n) is 8.54. The first-order valence-corrected chi connectivity index (χ1v) is 8.54. The lowest BCUT2D eigenvalue weighted by Gasteiger charge is -2.12. The van der Waals surface area contributed by atoms with Crippen molar-refractivity contribution in [2.45, 2.75) is 26.7 Å². The molecule has 0 bridgehead atoms. The summed E-state index contributed by atoms with van der Waals surface area (Å²) in [7, 11) is 0.